The van der Waals surface area contributed by atoms with Crippen LogP contribution in [0.15, 0.2) is 182 Å². The Morgan fingerprint density at radius 3 is 1.60 bits per heavy atom. The Morgan fingerprint density at radius 2 is 0.940 bits per heavy atom. The van der Waals surface area contributed by atoms with Crippen LogP contribution in [0.3, 0.4) is 0 Å². The molecule has 9 rings (SSSR count). The molecular formula is C45H30N4O. The van der Waals surface area contributed by atoms with Crippen LogP contribution in [0.1, 0.15) is 0 Å². The molecule has 0 radical (unpaired) electrons. The molecule has 0 atom stereocenters. The molecule has 0 N–H and O–H groups in total. The van der Waals surface area contributed by atoms with Crippen LogP contribution in [0.4, 0.5) is 17.1 Å². The van der Waals surface area contributed by atoms with Crippen molar-refractivity contribution in [2.75, 3.05) is 4.90 Å². The SMILES string of the molecule is c1ccc(-c2ccc(-c3cc(-c4cc(-c5cccnc5)cc(N5c6ccccc6Oc6ccccc65)c4)nc(-c4ccccc4)n3)cc2)cc1. The summed E-state index contributed by atoms with van der Waals surface area (Å²) < 4.78 is 6.35. The Hall–Kier alpha value is -6.85. The van der Waals surface area contributed by atoms with Crippen LogP contribution < -0.4 is 9.64 Å². The summed E-state index contributed by atoms with van der Waals surface area (Å²) in [5, 5.41) is 0. The van der Waals surface area contributed by atoms with E-state index in [4.69, 9.17) is 14.7 Å². The van der Waals surface area contributed by atoms with E-state index in [2.05, 4.69) is 113 Å². The van der Waals surface area contributed by atoms with Gasteiger partial charge >= 0.3 is 0 Å². The number of hydrogen-bond acceptors (Lipinski definition) is 5. The second-order valence-corrected chi connectivity index (χ2v) is 12.2. The number of aromatic nitrogens is 3. The fourth-order valence-corrected chi connectivity index (χ4v) is 6.49. The number of benzene rings is 6. The molecule has 0 amide bonds. The molecule has 1 aliphatic rings. The topological polar surface area (TPSA) is 51.1 Å². The summed E-state index contributed by atoms with van der Waals surface area (Å²) in [6.45, 7) is 0. The predicted molar refractivity (Wildman–Crippen MR) is 202 cm³/mol. The molecule has 5 heteroatoms. The normalized spacial score (nSPS) is 11.7. The maximum Gasteiger partial charge on any atom is 0.160 e. The van der Waals surface area contributed by atoms with Gasteiger partial charge in [0.15, 0.2) is 17.3 Å². The number of ether oxygens (including phenoxy) is 1. The van der Waals surface area contributed by atoms with Crippen LogP contribution in [0.2, 0.25) is 0 Å². The van der Waals surface area contributed by atoms with Gasteiger partial charge in [0.1, 0.15) is 0 Å². The van der Waals surface area contributed by atoms with Crippen molar-refractivity contribution < 1.29 is 4.74 Å². The molecule has 1 aliphatic heterocycles. The molecule has 6 aromatic carbocycles. The van der Waals surface area contributed by atoms with E-state index >= 15 is 0 Å². The third-order valence-corrected chi connectivity index (χ3v) is 8.94. The molecule has 0 fully saturated rings. The van der Waals surface area contributed by atoms with Crippen molar-refractivity contribution in [2.45, 2.75) is 0 Å². The standard InChI is InChI=1S/C45H30N4O/c1-3-12-31(13-4-1)32-21-23-33(24-22-32)39-29-40(48-45(47-39)34-14-5-2-6-15-34)37-26-36(35-16-11-25-46-30-35)27-38(28-37)49-41-17-7-9-19-43(41)50-44-20-10-8-18-42(44)49/h1-30H. The lowest BCUT2D eigenvalue weighted by molar-refractivity contribution is 0.477. The van der Waals surface area contributed by atoms with Gasteiger partial charge in [-0.2, -0.15) is 0 Å². The van der Waals surface area contributed by atoms with E-state index in [0.717, 1.165) is 73.3 Å². The van der Waals surface area contributed by atoms with Crippen molar-refractivity contribution >= 4 is 17.1 Å². The minimum atomic E-state index is 0.667. The number of anilines is 3. The van der Waals surface area contributed by atoms with E-state index in [-0.39, 0.29) is 0 Å². The zero-order chi connectivity index (χ0) is 33.3. The van der Waals surface area contributed by atoms with E-state index in [0.29, 0.717) is 5.82 Å². The van der Waals surface area contributed by atoms with Crippen molar-refractivity contribution in [3.8, 4) is 67.7 Å². The van der Waals surface area contributed by atoms with Gasteiger partial charge in [-0.3, -0.25) is 4.98 Å². The lowest BCUT2D eigenvalue weighted by atomic mass is 9.98. The van der Waals surface area contributed by atoms with Crippen LogP contribution in [-0.2, 0) is 0 Å². The van der Waals surface area contributed by atoms with Crippen LogP contribution in [0.5, 0.6) is 11.5 Å². The summed E-state index contributed by atoms with van der Waals surface area (Å²) in [5.74, 6) is 2.27. The van der Waals surface area contributed by atoms with Crippen molar-refractivity contribution in [1.29, 1.82) is 0 Å². The average Bonchev–Trinajstić information content (AvgIpc) is 3.20. The first kappa shape index (κ1) is 29.3. The highest BCUT2D eigenvalue weighted by Crippen LogP contribution is 2.51. The molecule has 0 bridgehead atoms. The Labute approximate surface area is 290 Å². The average molecular weight is 643 g/mol. The van der Waals surface area contributed by atoms with Crippen molar-refractivity contribution in [1.82, 2.24) is 15.0 Å². The summed E-state index contributed by atoms with van der Waals surface area (Å²) in [6, 6.07) is 58.2. The van der Waals surface area contributed by atoms with Gasteiger partial charge < -0.3 is 9.64 Å². The highest BCUT2D eigenvalue weighted by Gasteiger charge is 2.26. The van der Waals surface area contributed by atoms with Crippen molar-refractivity contribution in [3.05, 3.63) is 182 Å². The molecule has 2 aromatic heterocycles. The maximum absolute atomic E-state index is 6.35. The summed E-state index contributed by atoms with van der Waals surface area (Å²) >= 11 is 0. The fourth-order valence-electron chi connectivity index (χ4n) is 6.49. The molecule has 0 unspecified atom stereocenters. The number of hydrogen-bond donors (Lipinski definition) is 0. The van der Waals surface area contributed by atoms with Crippen LogP contribution in [0, 0.1) is 0 Å². The van der Waals surface area contributed by atoms with E-state index in [1.807, 2.05) is 72.9 Å². The minimum Gasteiger partial charge on any atom is -0.453 e. The lowest BCUT2D eigenvalue weighted by Gasteiger charge is -2.33. The zero-order valence-corrected chi connectivity index (χ0v) is 27.0. The van der Waals surface area contributed by atoms with Crippen LogP contribution in [-0.4, -0.2) is 15.0 Å². The Bertz CT molecular complexity index is 2400. The molecule has 0 saturated heterocycles. The van der Waals surface area contributed by atoms with E-state index in [1.165, 1.54) is 5.56 Å². The predicted octanol–water partition coefficient (Wildman–Crippen LogP) is 11.8. The van der Waals surface area contributed by atoms with Gasteiger partial charge in [-0.1, -0.05) is 115 Å². The number of pyridine rings is 1. The second-order valence-electron chi connectivity index (χ2n) is 12.2. The van der Waals surface area contributed by atoms with Gasteiger partial charge in [-0.05, 0) is 71.3 Å². The first-order valence-electron chi connectivity index (χ1n) is 16.6. The van der Waals surface area contributed by atoms with Crippen molar-refractivity contribution in [2.24, 2.45) is 0 Å². The molecule has 0 saturated carbocycles. The highest BCUT2D eigenvalue weighted by molar-refractivity contribution is 5.90. The number of fused-ring (bicyclic) bond motifs is 2. The monoisotopic (exact) mass is 642 g/mol. The van der Waals surface area contributed by atoms with Gasteiger partial charge in [0, 0.05) is 40.3 Å². The first-order valence-corrected chi connectivity index (χ1v) is 16.6. The van der Waals surface area contributed by atoms with Gasteiger partial charge in [-0.25, -0.2) is 9.97 Å². The highest BCUT2D eigenvalue weighted by atomic mass is 16.5. The number of nitrogens with zero attached hydrogens (tertiary/aromatic N) is 4. The molecule has 0 spiro atoms. The molecule has 0 aliphatic carbocycles. The quantitative estimate of drug-likeness (QED) is 0.181. The number of rotatable bonds is 6. The van der Waals surface area contributed by atoms with E-state index < -0.39 is 0 Å². The van der Waals surface area contributed by atoms with Crippen LogP contribution >= 0.6 is 0 Å². The van der Waals surface area contributed by atoms with Crippen molar-refractivity contribution in [3.63, 3.8) is 0 Å². The second kappa shape index (κ2) is 12.6. The van der Waals surface area contributed by atoms with E-state index in [1.54, 1.807) is 6.20 Å². The van der Waals surface area contributed by atoms with Crippen LogP contribution in [0.25, 0.3) is 56.2 Å². The molecule has 236 valence electrons. The molecule has 3 heterocycles. The Morgan fingerprint density at radius 1 is 0.400 bits per heavy atom. The minimum absolute atomic E-state index is 0.667. The van der Waals surface area contributed by atoms with Gasteiger partial charge in [0.25, 0.3) is 0 Å². The summed E-state index contributed by atoms with van der Waals surface area (Å²) in [4.78, 5) is 17.0. The lowest BCUT2D eigenvalue weighted by Crippen LogP contribution is -2.15. The summed E-state index contributed by atoms with van der Waals surface area (Å²) in [5.41, 5.74) is 11.9. The molecule has 50 heavy (non-hydrogen) atoms. The Kier molecular flexibility index (Phi) is 7.41. The fraction of sp³-hybridized carbons (Fsp3) is 0. The van der Waals surface area contributed by atoms with Gasteiger partial charge in [0.05, 0.1) is 22.8 Å². The number of para-hydroxylation sites is 4. The third-order valence-electron chi connectivity index (χ3n) is 8.94. The molecule has 8 aromatic rings. The van der Waals surface area contributed by atoms with Gasteiger partial charge in [-0.15, -0.1) is 0 Å². The molecular weight excluding hydrogens is 613 g/mol. The largest absolute Gasteiger partial charge is 0.453 e. The van der Waals surface area contributed by atoms with Gasteiger partial charge in [0.2, 0.25) is 0 Å². The Balaban J connectivity index is 1.24. The zero-order valence-electron chi connectivity index (χ0n) is 27.0. The maximum atomic E-state index is 6.35. The summed E-state index contributed by atoms with van der Waals surface area (Å²) in [7, 11) is 0. The third kappa shape index (κ3) is 5.57. The molecule has 5 nitrogen and oxygen atoms in total. The van der Waals surface area contributed by atoms with E-state index in [9.17, 15) is 0 Å². The smallest absolute Gasteiger partial charge is 0.160 e. The summed E-state index contributed by atoms with van der Waals surface area (Å²) in [6.07, 6.45) is 3.70. The first-order chi connectivity index (χ1) is 24.8.